The molecule has 1 aliphatic rings. The highest BCUT2D eigenvalue weighted by Gasteiger charge is 2.24. The molecule has 0 radical (unpaired) electrons. The molecule has 2 aromatic carbocycles. The van der Waals surface area contributed by atoms with E-state index in [1.54, 1.807) is 18.2 Å². The predicted octanol–water partition coefficient (Wildman–Crippen LogP) is 3.62. The Morgan fingerprint density at radius 1 is 1.10 bits per heavy atom. The Bertz CT molecular complexity index is 861. The SMILES string of the molecule is COc1cc(C(C)=O)ccc1OCC(=O)NC1CCN([C@H](C)c2ccccc2)CC1. The molecule has 1 saturated heterocycles. The van der Waals surface area contributed by atoms with Crippen LogP contribution in [0.3, 0.4) is 0 Å². The number of methoxy groups -OCH3 is 1. The average Bonchev–Trinajstić information content (AvgIpc) is 2.78. The number of hydrogen-bond acceptors (Lipinski definition) is 5. The molecule has 6 nitrogen and oxygen atoms in total. The molecule has 0 aliphatic carbocycles. The van der Waals surface area contributed by atoms with Crippen molar-refractivity contribution in [3.8, 4) is 11.5 Å². The Morgan fingerprint density at radius 2 is 1.80 bits per heavy atom. The van der Waals surface area contributed by atoms with E-state index in [1.165, 1.54) is 19.6 Å². The highest BCUT2D eigenvalue weighted by atomic mass is 16.5. The first-order chi connectivity index (χ1) is 14.5. The van der Waals surface area contributed by atoms with Crippen LogP contribution in [0.15, 0.2) is 48.5 Å². The highest BCUT2D eigenvalue weighted by molar-refractivity contribution is 5.94. The van der Waals surface area contributed by atoms with Gasteiger partial charge in [-0.15, -0.1) is 0 Å². The molecule has 6 heteroatoms. The van der Waals surface area contributed by atoms with Gasteiger partial charge in [0.05, 0.1) is 7.11 Å². The van der Waals surface area contributed by atoms with Crippen LogP contribution >= 0.6 is 0 Å². The Labute approximate surface area is 178 Å². The van der Waals surface area contributed by atoms with Crippen molar-refractivity contribution in [1.29, 1.82) is 0 Å². The predicted molar refractivity (Wildman–Crippen MR) is 116 cm³/mol. The van der Waals surface area contributed by atoms with Crippen molar-refractivity contribution in [2.45, 2.75) is 38.8 Å². The molecule has 0 aromatic heterocycles. The third-order valence-corrected chi connectivity index (χ3v) is 5.65. The van der Waals surface area contributed by atoms with Crippen LogP contribution < -0.4 is 14.8 Å². The number of ether oxygens (including phenoxy) is 2. The van der Waals surface area contributed by atoms with Gasteiger partial charge >= 0.3 is 0 Å². The molecule has 0 unspecified atom stereocenters. The molecule has 1 N–H and O–H groups in total. The van der Waals surface area contributed by atoms with Gasteiger partial charge in [-0.2, -0.15) is 0 Å². The summed E-state index contributed by atoms with van der Waals surface area (Å²) in [6, 6.07) is 16.0. The number of nitrogens with one attached hydrogen (secondary N) is 1. The molecule has 2 aromatic rings. The van der Waals surface area contributed by atoms with Crippen LogP contribution in [0.5, 0.6) is 11.5 Å². The highest BCUT2D eigenvalue weighted by Crippen LogP contribution is 2.28. The summed E-state index contributed by atoms with van der Waals surface area (Å²) in [6.07, 6.45) is 1.83. The van der Waals surface area contributed by atoms with Crippen LogP contribution in [-0.4, -0.2) is 49.4 Å². The van der Waals surface area contributed by atoms with Gasteiger partial charge in [0, 0.05) is 30.7 Å². The zero-order chi connectivity index (χ0) is 21.5. The van der Waals surface area contributed by atoms with Gasteiger partial charge in [-0.05, 0) is 50.5 Å². The number of likely N-dealkylation sites (tertiary alicyclic amines) is 1. The number of piperidine rings is 1. The monoisotopic (exact) mass is 410 g/mol. The molecule has 0 saturated carbocycles. The molecule has 3 rings (SSSR count). The van der Waals surface area contributed by atoms with Crippen molar-refractivity contribution in [3.05, 3.63) is 59.7 Å². The van der Waals surface area contributed by atoms with Crippen molar-refractivity contribution in [2.24, 2.45) is 0 Å². The van der Waals surface area contributed by atoms with Crippen molar-refractivity contribution in [1.82, 2.24) is 10.2 Å². The molecule has 0 spiro atoms. The summed E-state index contributed by atoms with van der Waals surface area (Å²) in [5.41, 5.74) is 1.86. The van der Waals surface area contributed by atoms with Crippen molar-refractivity contribution in [3.63, 3.8) is 0 Å². The van der Waals surface area contributed by atoms with E-state index in [-0.39, 0.29) is 24.3 Å². The van der Waals surface area contributed by atoms with Gasteiger partial charge < -0.3 is 14.8 Å². The molecular weight excluding hydrogens is 380 g/mol. The number of carbonyl (C=O) groups excluding carboxylic acids is 2. The topological polar surface area (TPSA) is 67.9 Å². The molecule has 160 valence electrons. The summed E-state index contributed by atoms with van der Waals surface area (Å²) < 4.78 is 10.9. The van der Waals surface area contributed by atoms with E-state index in [9.17, 15) is 9.59 Å². The third kappa shape index (κ3) is 5.60. The second-order valence-electron chi connectivity index (χ2n) is 7.67. The summed E-state index contributed by atoms with van der Waals surface area (Å²) >= 11 is 0. The maximum Gasteiger partial charge on any atom is 0.258 e. The number of Topliss-reactive ketones (excluding diaryl/α,β-unsaturated/α-hetero) is 1. The maximum absolute atomic E-state index is 12.4. The number of nitrogens with zero attached hydrogens (tertiary/aromatic N) is 1. The minimum absolute atomic E-state index is 0.0504. The number of rotatable bonds is 8. The van der Waals surface area contributed by atoms with E-state index < -0.39 is 0 Å². The van der Waals surface area contributed by atoms with Gasteiger partial charge in [-0.3, -0.25) is 14.5 Å². The van der Waals surface area contributed by atoms with E-state index in [4.69, 9.17) is 9.47 Å². The fraction of sp³-hybridized carbons (Fsp3) is 0.417. The largest absolute Gasteiger partial charge is 0.493 e. The standard InChI is InChI=1S/C24H30N2O4/c1-17(19-7-5-4-6-8-19)26-13-11-21(12-14-26)25-24(28)16-30-22-10-9-20(18(2)27)15-23(22)29-3/h4-10,15,17,21H,11-14,16H2,1-3H3,(H,25,28)/t17-/m1/s1. The first kappa shape index (κ1) is 21.8. The molecular formula is C24H30N2O4. The summed E-state index contributed by atoms with van der Waals surface area (Å²) in [5, 5.41) is 3.07. The minimum Gasteiger partial charge on any atom is -0.493 e. The third-order valence-electron chi connectivity index (χ3n) is 5.65. The molecule has 1 fully saturated rings. The smallest absolute Gasteiger partial charge is 0.258 e. The molecule has 0 bridgehead atoms. The van der Waals surface area contributed by atoms with Gasteiger partial charge in [0.1, 0.15) is 0 Å². The number of amides is 1. The zero-order valence-electron chi connectivity index (χ0n) is 17.9. The summed E-state index contributed by atoms with van der Waals surface area (Å²) in [5.74, 6) is 0.690. The molecule has 30 heavy (non-hydrogen) atoms. The summed E-state index contributed by atoms with van der Waals surface area (Å²) in [7, 11) is 1.51. The van der Waals surface area contributed by atoms with Gasteiger partial charge in [-0.1, -0.05) is 30.3 Å². The van der Waals surface area contributed by atoms with Crippen LogP contribution in [0.2, 0.25) is 0 Å². The quantitative estimate of drug-likeness (QED) is 0.674. The van der Waals surface area contributed by atoms with E-state index in [1.807, 2.05) is 6.07 Å². The fourth-order valence-corrected chi connectivity index (χ4v) is 3.79. The lowest BCUT2D eigenvalue weighted by Crippen LogP contribution is -2.46. The Hall–Kier alpha value is -2.86. The van der Waals surface area contributed by atoms with Gasteiger partial charge in [0.25, 0.3) is 5.91 Å². The van der Waals surface area contributed by atoms with Crippen molar-refractivity contribution in [2.75, 3.05) is 26.8 Å². The molecule has 1 amide bonds. The zero-order valence-corrected chi connectivity index (χ0v) is 17.9. The normalized spacial score (nSPS) is 16.0. The Morgan fingerprint density at radius 3 is 2.43 bits per heavy atom. The first-order valence-corrected chi connectivity index (χ1v) is 10.4. The molecule has 1 heterocycles. The number of benzene rings is 2. The first-order valence-electron chi connectivity index (χ1n) is 10.4. The summed E-state index contributed by atoms with van der Waals surface area (Å²) in [6.45, 7) is 5.53. The lowest BCUT2D eigenvalue weighted by Gasteiger charge is -2.36. The molecule has 1 aliphatic heterocycles. The van der Waals surface area contributed by atoms with E-state index in [2.05, 4.69) is 41.4 Å². The second-order valence-corrected chi connectivity index (χ2v) is 7.67. The summed E-state index contributed by atoms with van der Waals surface area (Å²) in [4.78, 5) is 26.3. The van der Waals surface area contributed by atoms with Crippen LogP contribution in [-0.2, 0) is 4.79 Å². The number of carbonyl (C=O) groups is 2. The van der Waals surface area contributed by atoms with Gasteiger partial charge in [-0.25, -0.2) is 0 Å². The van der Waals surface area contributed by atoms with Crippen molar-refractivity contribution < 1.29 is 19.1 Å². The second kappa shape index (κ2) is 10.3. The fourth-order valence-electron chi connectivity index (χ4n) is 3.79. The van der Waals surface area contributed by atoms with Crippen LogP contribution in [0.1, 0.15) is 48.7 Å². The minimum atomic E-state index is -0.151. The molecule has 1 atom stereocenters. The van der Waals surface area contributed by atoms with E-state index in [0.717, 1.165) is 25.9 Å². The van der Waals surface area contributed by atoms with Crippen LogP contribution in [0, 0.1) is 0 Å². The maximum atomic E-state index is 12.4. The van der Waals surface area contributed by atoms with Gasteiger partial charge in [0.15, 0.2) is 23.9 Å². The van der Waals surface area contributed by atoms with E-state index in [0.29, 0.717) is 23.1 Å². The van der Waals surface area contributed by atoms with E-state index >= 15 is 0 Å². The van der Waals surface area contributed by atoms with Crippen LogP contribution in [0.25, 0.3) is 0 Å². The Balaban J connectivity index is 1.46. The lowest BCUT2D eigenvalue weighted by molar-refractivity contribution is -0.124. The van der Waals surface area contributed by atoms with Gasteiger partial charge in [0.2, 0.25) is 0 Å². The average molecular weight is 411 g/mol. The Kier molecular flexibility index (Phi) is 7.46. The lowest BCUT2D eigenvalue weighted by atomic mass is 10.00. The number of hydrogen-bond donors (Lipinski definition) is 1. The number of ketones is 1. The van der Waals surface area contributed by atoms with Crippen LogP contribution in [0.4, 0.5) is 0 Å². The van der Waals surface area contributed by atoms with Crippen molar-refractivity contribution >= 4 is 11.7 Å².